The summed E-state index contributed by atoms with van der Waals surface area (Å²) in [5.41, 5.74) is 4.41. The maximum Gasteiger partial charge on any atom is 0.254 e. The number of amides is 1. The predicted octanol–water partition coefficient (Wildman–Crippen LogP) is 1.93. The van der Waals surface area contributed by atoms with Crippen molar-refractivity contribution in [3.8, 4) is 5.88 Å². The molecule has 1 amide bonds. The molecule has 2 aromatic rings. The van der Waals surface area contributed by atoms with E-state index in [0.717, 1.165) is 19.4 Å². The lowest BCUT2D eigenvalue weighted by Crippen LogP contribution is -2.33. The van der Waals surface area contributed by atoms with Crippen LogP contribution in [0.15, 0.2) is 18.3 Å². The van der Waals surface area contributed by atoms with Crippen LogP contribution < -0.4 is 4.74 Å². The molecule has 3 heterocycles. The van der Waals surface area contributed by atoms with E-state index in [-0.39, 0.29) is 5.91 Å². The third kappa shape index (κ3) is 2.69. The summed E-state index contributed by atoms with van der Waals surface area (Å²) in [6.07, 6.45) is 5.82. The molecule has 6 nitrogen and oxygen atoms in total. The molecule has 0 saturated heterocycles. The highest BCUT2D eigenvalue weighted by molar-refractivity contribution is 5.94. The first-order valence-electron chi connectivity index (χ1n) is 8.11. The number of methoxy groups -OCH3 is 1. The fourth-order valence-corrected chi connectivity index (χ4v) is 3.24. The van der Waals surface area contributed by atoms with Crippen molar-refractivity contribution in [2.24, 2.45) is 0 Å². The maximum absolute atomic E-state index is 12.7. The molecule has 0 unspecified atom stereocenters. The Balaban J connectivity index is 1.52. The molecule has 0 bridgehead atoms. The van der Waals surface area contributed by atoms with Crippen molar-refractivity contribution in [2.45, 2.75) is 31.6 Å². The minimum Gasteiger partial charge on any atom is -0.481 e. The van der Waals surface area contributed by atoms with Gasteiger partial charge in [0, 0.05) is 48.9 Å². The molecule has 120 valence electrons. The van der Waals surface area contributed by atoms with Gasteiger partial charge >= 0.3 is 0 Å². The third-order valence-electron chi connectivity index (χ3n) is 4.69. The van der Waals surface area contributed by atoms with Gasteiger partial charge in [0.2, 0.25) is 5.88 Å². The molecule has 1 aliphatic carbocycles. The zero-order valence-corrected chi connectivity index (χ0v) is 13.2. The minimum atomic E-state index is 0.0387. The van der Waals surface area contributed by atoms with Crippen molar-refractivity contribution in [3.63, 3.8) is 0 Å². The van der Waals surface area contributed by atoms with E-state index in [2.05, 4.69) is 15.2 Å². The van der Waals surface area contributed by atoms with E-state index < -0.39 is 0 Å². The lowest BCUT2D eigenvalue weighted by Gasteiger charge is -2.20. The van der Waals surface area contributed by atoms with Gasteiger partial charge in [0.1, 0.15) is 0 Å². The number of rotatable bonds is 3. The molecule has 6 heteroatoms. The summed E-state index contributed by atoms with van der Waals surface area (Å²) in [5, 5.41) is 7.69. The SMILES string of the molecule is COc1cc(C(=O)N2CCc3[nH]nc(C4CC4)c3CC2)ccn1. The Morgan fingerprint density at radius 3 is 2.96 bits per heavy atom. The lowest BCUT2D eigenvalue weighted by molar-refractivity contribution is 0.0762. The molecule has 4 rings (SSSR count). The Labute approximate surface area is 134 Å². The summed E-state index contributed by atoms with van der Waals surface area (Å²) in [6.45, 7) is 1.44. The van der Waals surface area contributed by atoms with Gasteiger partial charge in [-0.25, -0.2) is 4.98 Å². The van der Waals surface area contributed by atoms with Gasteiger partial charge in [-0.15, -0.1) is 0 Å². The highest BCUT2D eigenvalue weighted by atomic mass is 16.5. The molecule has 2 aromatic heterocycles. The average Bonchev–Trinajstić information content (AvgIpc) is 3.39. The minimum absolute atomic E-state index is 0.0387. The third-order valence-corrected chi connectivity index (χ3v) is 4.69. The number of nitrogens with one attached hydrogen (secondary N) is 1. The molecule has 0 aromatic carbocycles. The van der Waals surface area contributed by atoms with Crippen LogP contribution in [-0.2, 0) is 12.8 Å². The van der Waals surface area contributed by atoms with Gasteiger partial charge in [0.25, 0.3) is 5.91 Å². The lowest BCUT2D eigenvalue weighted by atomic mass is 10.1. The van der Waals surface area contributed by atoms with Gasteiger partial charge < -0.3 is 9.64 Å². The van der Waals surface area contributed by atoms with Crippen molar-refractivity contribution in [2.75, 3.05) is 20.2 Å². The smallest absolute Gasteiger partial charge is 0.254 e. The van der Waals surface area contributed by atoms with Crippen molar-refractivity contribution in [3.05, 3.63) is 40.8 Å². The molecule has 0 radical (unpaired) electrons. The van der Waals surface area contributed by atoms with E-state index in [4.69, 9.17) is 4.74 Å². The van der Waals surface area contributed by atoms with Crippen LogP contribution >= 0.6 is 0 Å². The number of H-pyrrole nitrogens is 1. The molecule has 0 spiro atoms. The molecule has 1 N–H and O–H groups in total. The highest BCUT2D eigenvalue weighted by Crippen LogP contribution is 2.41. The second kappa shape index (κ2) is 5.68. The summed E-state index contributed by atoms with van der Waals surface area (Å²) < 4.78 is 5.11. The van der Waals surface area contributed by atoms with Crippen LogP contribution in [0.1, 0.15) is 46.1 Å². The van der Waals surface area contributed by atoms with Crippen LogP contribution in [0.5, 0.6) is 5.88 Å². The van der Waals surface area contributed by atoms with Gasteiger partial charge in [-0.05, 0) is 30.9 Å². The Morgan fingerprint density at radius 2 is 2.17 bits per heavy atom. The molecule has 1 fully saturated rings. The van der Waals surface area contributed by atoms with Gasteiger partial charge in [0.05, 0.1) is 12.8 Å². The summed E-state index contributed by atoms with van der Waals surface area (Å²) in [6, 6.07) is 3.44. The van der Waals surface area contributed by atoms with E-state index in [0.29, 0.717) is 23.9 Å². The average molecular weight is 312 g/mol. The van der Waals surface area contributed by atoms with Crippen LogP contribution in [0, 0.1) is 0 Å². The largest absolute Gasteiger partial charge is 0.481 e. The fraction of sp³-hybridized carbons (Fsp3) is 0.471. The van der Waals surface area contributed by atoms with Gasteiger partial charge in [0.15, 0.2) is 0 Å². The molecule has 1 aliphatic heterocycles. The Morgan fingerprint density at radius 1 is 1.35 bits per heavy atom. The number of hydrogen-bond donors (Lipinski definition) is 1. The van der Waals surface area contributed by atoms with Gasteiger partial charge in [-0.2, -0.15) is 5.10 Å². The first-order valence-corrected chi connectivity index (χ1v) is 8.11. The Kier molecular flexibility index (Phi) is 3.52. The van der Waals surface area contributed by atoms with Gasteiger partial charge in [-0.3, -0.25) is 9.89 Å². The quantitative estimate of drug-likeness (QED) is 0.940. The summed E-state index contributed by atoms with van der Waals surface area (Å²) in [4.78, 5) is 18.7. The standard InChI is InChI=1S/C17H20N4O2/c1-23-15-10-12(4-7-18-15)17(22)21-8-5-13-14(6-9-21)19-20-16(13)11-2-3-11/h4,7,10-11H,2-3,5-6,8-9H2,1H3,(H,19,20). The molecule has 2 aliphatic rings. The first kappa shape index (κ1) is 14.2. The predicted molar refractivity (Wildman–Crippen MR) is 84.7 cm³/mol. The second-order valence-corrected chi connectivity index (χ2v) is 6.22. The number of pyridine rings is 1. The summed E-state index contributed by atoms with van der Waals surface area (Å²) in [7, 11) is 1.56. The second-order valence-electron chi connectivity index (χ2n) is 6.22. The first-order chi connectivity index (χ1) is 11.3. The number of hydrogen-bond acceptors (Lipinski definition) is 4. The normalized spacial score (nSPS) is 17.5. The number of aromatic amines is 1. The molecule has 23 heavy (non-hydrogen) atoms. The van der Waals surface area contributed by atoms with Crippen LogP contribution in [0.25, 0.3) is 0 Å². The van der Waals surface area contributed by atoms with Crippen LogP contribution in [0.3, 0.4) is 0 Å². The number of fused-ring (bicyclic) bond motifs is 1. The topological polar surface area (TPSA) is 71.1 Å². The number of carbonyl (C=O) groups excluding carboxylic acids is 1. The fourth-order valence-electron chi connectivity index (χ4n) is 3.24. The Hall–Kier alpha value is -2.37. The van der Waals surface area contributed by atoms with Crippen LogP contribution in [0.2, 0.25) is 0 Å². The summed E-state index contributed by atoms with van der Waals surface area (Å²) in [5.74, 6) is 1.15. The van der Waals surface area contributed by atoms with Crippen molar-refractivity contribution in [1.29, 1.82) is 0 Å². The monoisotopic (exact) mass is 312 g/mol. The van der Waals surface area contributed by atoms with Crippen LogP contribution in [0.4, 0.5) is 0 Å². The summed E-state index contributed by atoms with van der Waals surface area (Å²) >= 11 is 0. The molecule has 1 saturated carbocycles. The van der Waals surface area contributed by atoms with Crippen molar-refractivity contribution < 1.29 is 9.53 Å². The molecular formula is C17H20N4O2. The van der Waals surface area contributed by atoms with E-state index in [1.54, 1.807) is 25.4 Å². The number of carbonyl (C=O) groups is 1. The number of aromatic nitrogens is 3. The van der Waals surface area contributed by atoms with Crippen molar-refractivity contribution >= 4 is 5.91 Å². The molecule has 0 atom stereocenters. The van der Waals surface area contributed by atoms with Gasteiger partial charge in [-0.1, -0.05) is 0 Å². The van der Waals surface area contributed by atoms with E-state index in [1.807, 2.05) is 4.90 Å². The zero-order chi connectivity index (χ0) is 15.8. The van der Waals surface area contributed by atoms with Crippen LogP contribution in [-0.4, -0.2) is 46.2 Å². The number of nitrogens with zero attached hydrogens (tertiary/aromatic N) is 3. The maximum atomic E-state index is 12.7. The van der Waals surface area contributed by atoms with Crippen molar-refractivity contribution in [1.82, 2.24) is 20.1 Å². The Bertz CT molecular complexity index is 736. The van der Waals surface area contributed by atoms with E-state index in [9.17, 15) is 4.79 Å². The number of ether oxygens (including phenoxy) is 1. The molecular weight excluding hydrogens is 292 g/mol. The van der Waals surface area contributed by atoms with E-state index >= 15 is 0 Å². The zero-order valence-electron chi connectivity index (χ0n) is 13.2. The van der Waals surface area contributed by atoms with E-state index in [1.165, 1.54) is 29.8 Å². The highest BCUT2D eigenvalue weighted by Gasteiger charge is 2.31.